The van der Waals surface area contributed by atoms with Gasteiger partial charge >= 0.3 is 0 Å². The Morgan fingerprint density at radius 1 is 1.57 bits per heavy atom. The molecular weight excluding hydrogens is 261 g/mol. The summed E-state index contributed by atoms with van der Waals surface area (Å²) in [5.74, 6) is 0.634. The fraction of sp³-hybridized carbons (Fsp3) is 0.545. The van der Waals surface area contributed by atoms with Crippen LogP contribution in [-0.4, -0.2) is 9.81 Å². The van der Waals surface area contributed by atoms with Crippen molar-refractivity contribution in [2.75, 3.05) is 0 Å². The van der Waals surface area contributed by atoms with Gasteiger partial charge in [0.05, 0.1) is 5.02 Å². The molecule has 0 saturated carbocycles. The Bertz CT molecular complexity index is 288. The van der Waals surface area contributed by atoms with Crippen molar-refractivity contribution < 1.29 is 0 Å². The Hall–Kier alpha value is -0.0800. The highest BCUT2D eigenvalue weighted by atomic mass is 79.9. The van der Waals surface area contributed by atoms with Gasteiger partial charge in [-0.3, -0.25) is 4.98 Å². The summed E-state index contributed by atoms with van der Waals surface area (Å²) in [6.45, 7) is 4.39. The average molecular weight is 277 g/mol. The summed E-state index contributed by atoms with van der Waals surface area (Å²) in [6, 6.07) is 2.00. The second-order valence-electron chi connectivity index (χ2n) is 3.52. The van der Waals surface area contributed by atoms with Crippen molar-refractivity contribution in [1.82, 2.24) is 4.98 Å². The molecule has 0 aliphatic carbocycles. The predicted molar refractivity (Wildman–Crippen MR) is 65.1 cm³/mol. The minimum Gasteiger partial charge on any atom is -0.263 e. The van der Waals surface area contributed by atoms with E-state index >= 15 is 0 Å². The fourth-order valence-electron chi connectivity index (χ4n) is 1.48. The molecule has 1 aromatic heterocycles. The zero-order valence-corrected chi connectivity index (χ0v) is 10.8. The first kappa shape index (κ1) is 12.0. The Labute approximate surface area is 99.0 Å². The molecule has 0 amide bonds. The van der Waals surface area contributed by atoms with Crippen LogP contribution in [0.4, 0.5) is 0 Å². The van der Waals surface area contributed by atoms with Gasteiger partial charge in [-0.05, 0) is 24.0 Å². The van der Waals surface area contributed by atoms with Crippen LogP contribution in [0.25, 0.3) is 0 Å². The maximum atomic E-state index is 6.05. The third-order valence-electron chi connectivity index (χ3n) is 2.51. The highest BCUT2D eigenvalue weighted by Crippen LogP contribution is 2.24. The largest absolute Gasteiger partial charge is 0.263 e. The normalized spacial score (nSPS) is 15.1. The first-order valence-electron chi connectivity index (χ1n) is 4.87. The molecule has 0 aromatic carbocycles. The van der Waals surface area contributed by atoms with Crippen molar-refractivity contribution >= 4 is 27.5 Å². The van der Waals surface area contributed by atoms with Crippen LogP contribution < -0.4 is 0 Å². The van der Waals surface area contributed by atoms with E-state index in [2.05, 4.69) is 34.8 Å². The zero-order valence-electron chi connectivity index (χ0n) is 8.50. The van der Waals surface area contributed by atoms with Gasteiger partial charge in [0.25, 0.3) is 0 Å². The molecule has 78 valence electrons. The van der Waals surface area contributed by atoms with E-state index in [9.17, 15) is 0 Å². The Morgan fingerprint density at radius 3 is 2.79 bits per heavy atom. The third-order valence-corrected chi connectivity index (χ3v) is 3.60. The molecule has 0 fully saturated rings. The zero-order chi connectivity index (χ0) is 10.6. The summed E-state index contributed by atoms with van der Waals surface area (Å²) < 4.78 is 0. The summed E-state index contributed by atoms with van der Waals surface area (Å²) in [4.78, 5) is 4.50. The molecule has 14 heavy (non-hydrogen) atoms. The van der Waals surface area contributed by atoms with Crippen molar-refractivity contribution in [2.24, 2.45) is 5.92 Å². The van der Waals surface area contributed by atoms with Crippen LogP contribution in [0.2, 0.25) is 5.02 Å². The predicted octanol–water partition coefficient (Wildman–Crippen LogP) is 4.09. The molecule has 0 aliphatic rings. The Morgan fingerprint density at radius 2 is 2.29 bits per heavy atom. The molecule has 3 heteroatoms. The van der Waals surface area contributed by atoms with Crippen molar-refractivity contribution in [3.8, 4) is 0 Å². The Kier molecular flexibility index (Phi) is 4.90. The molecule has 1 aromatic rings. The smallest absolute Gasteiger partial charge is 0.0621 e. The first-order valence-corrected chi connectivity index (χ1v) is 6.17. The van der Waals surface area contributed by atoms with Gasteiger partial charge in [0.15, 0.2) is 0 Å². The number of hydrogen-bond acceptors (Lipinski definition) is 1. The van der Waals surface area contributed by atoms with Gasteiger partial charge in [-0.15, -0.1) is 0 Å². The third kappa shape index (κ3) is 3.25. The molecule has 0 saturated heterocycles. The van der Waals surface area contributed by atoms with Gasteiger partial charge in [-0.25, -0.2) is 0 Å². The molecule has 2 atom stereocenters. The molecule has 0 aliphatic heterocycles. The number of halogens is 2. The van der Waals surface area contributed by atoms with E-state index in [4.69, 9.17) is 11.6 Å². The maximum absolute atomic E-state index is 6.05. The number of hydrogen-bond donors (Lipinski definition) is 0. The van der Waals surface area contributed by atoms with Gasteiger partial charge in [0.2, 0.25) is 0 Å². The molecule has 0 bridgehead atoms. The molecule has 0 spiro atoms. The minimum absolute atomic E-state index is 0.525. The summed E-state index contributed by atoms with van der Waals surface area (Å²) >= 11 is 9.68. The lowest BCUT2D eigenvalue weighted by Gasteiger charge is -2.17. The standard InChI is InChI=1S/C11H15BrClN/c1-3-9(8(2)12)6-10-4-5-14-7-11(10)13/h4-5,7-9H,3,6H2,1-2H3. The van der Waals surface area contributed by atoms with Crippen LogP contribution in [0.3, 0.4) is 0 Å². The minimum atomic E-state index is 0.525. The van der Waals surface area contributed by atoms with Gasteiger partial charge in [0, 0.05) is 17.2 Å². The van der Waals surface area contributed by atoms with E-state index in [1.165, 1.54) is 5.56 Å². The number of rotatable bonds is 4. The van der Waals surface area contributed by atoms with Crippen LogP contribution in [0.15, 0.2) is 18.5 Å². The van der Waals surface area contributed by atoms with Crippen LogP contribution in [0.1, 0.15) is 25.8 Å². The molecule has 1 nitrogen and oxygen atoms in total. The van der Waals surface area contributed by atoms with Gasteiger partial charge in [0.1, 0.15) is 0 Å². The second kappa shape index (κ2) is 5.72. The number of alkyl halides is 1. The molecule has 2 unspecified atom stereocenters. The van der Waals surface area contributed by atoms with Crippen LogP contribution in [0.5, 0.6) is 0 Å². The summed E-state index contributed by atoms with van der Waals surface area (Å²) in [7, 11) is 0. The van der Waals surface area contributed by atoms with Gasteiger partial charge in [-0.2, -0.15) is 0 Å². The number of aromatic nitrogens is 1. The summed E-state index contributed by atoms with van der Waals surface area (Å²) in [5, 5.41) is 0.777. The van der Waals surface area contributed by atoms with Crippen LogP contribution in [-0.2, 0) is 6.42 Å². The number of pyridine rings is 1. The highest BCUT2D eigenvalue weighted by molar-refractivity contribution is 9.09. The van der Waals surface area contributed by atoms with Gasteiger partial charge in [-0.1, -0.05) is 47.8 Å². The van der Waals surface area contributed by atoms with E-state index in [0.29, 0.717) is 10.7 Å². The van der Waals surface area contributed by atoms with Crippen LogP contribution >= 0.6 is 27.5 Å². The van der Waals surface area contributed by atoms with Gasteiger partial charge < -0.3 is 0 Å². The molecule has 0 radical (unpaired) electrons. The fourth-order valence-corrected chi connectivity index (χ4v) is 2.24. The average Bonchev–Trinajstić information content (AvgIpc) is 2.16. The lowest BCUT2D eigenvalue weighted by atomic mass is 9.95. The number of nitrogens with zero attached hydrogens (tertiary/aromatic N) is 1. The summed E-state index contributed by atoms with van der Waals surface area (Å²) in [5.41, 5.74) is 1.19. The highest BCUT2D eigenvalue weighted by Gasteiger charge is 2.14. The van der Waals surface area contributed by atoms with Crippen LogP contribution in [0, 0.1) is 5.92 Å². The second-order valence-corrected chi connectivity index (χ2v) is 5.37. The first-order chi connectivity index (χ1) is 6.65. The molecule has 0 N–H and O–H groups in total. The van der Waals surface area contributed by atoms with Crippen molar-refractivity contribution in [3.05, 3.63) is 29.0 Å². The maximum Gasteiger partial charge on any atom is 0.0621 e. The molecule has 1 rings (SSSR count). The molecule has 1 heterocycles. The van der Waals surface area contributed by atoms with E-state index < -0.39 is 0 Å². The van der Waals surface area contributed by atoms with Crippen molar-refractivity contribution in [2.45, 2.75) is 31.5 Å². The lowest BCUT2D eigenvalue weighted by Crippen LogP contribution is -2.13. The SMILES string of the molecule is CCC(Cc1ccncc1Cl)C(C)Br. The topological polar surface area (TPSA) is 12.9 Å². The van der Waals surface area contributed by atoms with Crippen molar-refractivity contribution in [3.63, 3.8) is 0 Å². The lowest BCUT2D eigenvalue weighted by molar-refractivity contribution is 0.508. The molecular formula is C11H15BrClN. The Balaban J connectivity index is 2.72. The van der Waals surface area contributed by atoms with E-state index in [0.717, 1.165) is 17.9 Å². The quantitative estimate of drug-likeness (QED) is 0.755. The monoisotopic (exact) mass is 275 g/mol. The van der Waals surface area contributed by atoms with Crippen molar-refractivity contribution in [1.29, 1.82) is 0 Å². The van der Waals surface area contributed by atoms with E-state index in [-0.39, 0.29) is 0 Å². The van der Waals surface area contributed by atoms with E-state index in [1.807, 2.05) is 6.07 Å². The van der Waals surface area contributed by atoms with E-state index in [1.54, 1.807) is 12.4 Å². The summed E-state index contributed by atoms with van der Waals surface area (Å²) in [6.07, 6.45) is 5.69.